The average Bonchev–Trinajstić information content (AvgIpc) is 2.17. The number of alkyl halides is 2. The molecule has 0 aliphatic rings. The molecule has 0 saturated carbocycles. The summed E-state index contributed by atoms with van der Waals surface area (Å²) in [5, 5.41) is 8.26. The number of nitrogens with two attached hydrogens (primary N) is 1. The predicted molar refractivity (Wildman–Crippen MR) is 46.8 cm³/mol. The number of halogens is 3. The first-order valence-electron chi connectivity index (χ1n) is 3.67. The summed E-state index contributed by atoms with van der Waals surface area (Å²) in [4.78, 5) is 3.70. The van der Waals surface area contributed by atoms with Gasteiger partial charge in [-0.3, -0.25) is 0 Å². The summed E-state index contributed by atoms with van der Waals surface area (Å²) in [5.74, 6) is 0. The lowest BCUT2D eigenvalue weighted by Gasteiger charge is -2.06. The third-order valence-corrected chi connectivity index (χ3v) is 1.99. The second kappa shape index (κ2) is 4.31. The maximum atomic E-state index is 12.4. The monoisotopic (exact) mass is 217 g/mol. The summed E-state index contributed by atoms with van der Waals surface area (Å²) in [5.41, 5.74) is 4.83. The van der Waals surface area contributed by atoms with Gasteiger partial charge in [-0.15, -0.1) is 0 Å². The topological polar surface area (TPSA) is 62.7 Å². The molecule has 1 rings (SSSR count). The van der Waals surface area contributed by atoms with Crippen molar-refractivity contribution < 1.29 is 8.78 Å². The first-order chi connectivity index (χ1) is 6.60. The standard InChI is InChI=1S/C8H6ClF2N3/c9-7-5(8(10)11)1-4(2-12)14-6(7)3-13/h1,8H,2,12H2. The van der Waals surface area contributed by atoms with Gasteiger partial charge in [-0.25, -0.2) is 13.8 Å². The minimum atomic E-state index is -2.73. The highest BCUT2D eigenvalue weighted by Crippen LogP contribution is 2.29. The summed E-state index contributed by atoms with van der Waals surface area (Å²) in [6.07, 6.45) is -2.73. The van der Waals surface area contributed by atoms with E-state index in [1.165, 1.54) is 0 Å². The van der Waals surface area contributed by atoms with Crippen LogP contribution in [0, 0.1) is 11.3 Å². The minimum Gasteiger partial charge on any atom is -0.325 e. The third-order valence-electron chi connectivity index (χ3n) is 1.59. The molecule has 0 aromatic carbocycles. The largest absolute Gasteiger partial charge is 0.325 e. The van der Waals surface area contributed by atoms with Crippen LogP contribution in [0.1, 0.15) is 23.4 Å². The Bertz CT molecular complexity index is 387. The molecule has 6 heteroatoms. The lowest BCUT2D eigenvalue weighted by Crippen LogP contribution is -2.04. The van der Waals surface area contributed by atoms with Crippen LogP contribution in [0.2, 0.25) is 5.02 Å². The molecular formula is C8H6ClF2N3. The summed E-state index contributed by atoms with van der Waals surface area (Å²) < 4.78 is 24.8. The van der Waals surface area contributed by atoms with Crippen LogP contribution in [0.4, 0.5) is 8.78 Å². The zero-order valence-corrected chi connectivity index (χ0v) is 7.72. The minimum absolute atomic E-state index is 0.00836. The predicted octanol–water partition coefficient (Wildman–Crippen LogP) is 2.00. The van der Waals surface area contributed by atoms with Gasteiger partial charge >= 0.3 is 0 Å². The molecule has 0 unspecified atom stereocenters. The molecule has 0 saturated heterocycles. The van der Waals surface area contributed by atoms with Crippen LogP contribution < -0.4 is 5.73 Å². The average molecular weight is 218 g/mol. The molecule has 0 radical (unpaired) electrons. The molecule has 0 aliphatic carbocycles. The van der Waals surface area contributed by atoms with Crippen molar-refractivity contribution in [2.45, 2.75) is 13.0 Å². The fourth-order valence-corrected chi connectivity index (χ4v) is 1.16. The van der Waals surface area contributed by atoms with Gasteiger partial charge in [0.2, 0.25) is 0 Å². The Hall–Kier alpha value is -1.25. The van der Waals surface area contributed by atoms with Gasteiger partial charge in [0.05, 0.1) is 10.7 Å². The van der Waals surface area contributed by atoms with E-state index >= 15 is 0 Å². The number of rotatable bonds is 2. The van der Waals surface area contributed by atoms with Crippen molar-refractivity contribution in [2.75, 3.05) is 0 Å². The van der Waals surface area contributed by atoms with E-state index in [1.54, 1.807) is 6.07 Å². The molecule has 0 aliphatic heterocycles. The number of pyridine rings is 1. The van der Waals surface area contributed by atoms with Crippen molar-refractivity contribution in [3.8, 4) is 6.07 Å². The van der Waals surface area contributed by atoms with E-state index in [0.717, 1.165) is 6.07 Å². The molecule has 0 fully saturated rings. The fourth-order valence-electron chi connectivity index (χ4n) is 0.942. The summed E-state index contributed by atoms with van der Waals surface area (Å²) in [6.45, 7) is -0.00836. The van der Waals surface area contributed by atoms with E-state index in [-0.39, 0.29) is 23.0 Å². The Morgan fingerprint density at radius 3 is 2.71 bits per heavy atom. The number of nitrogens with zero attached hydrogens (tertiary/aromatic N) is 2. The SMILES string of the molecule is N#Cc1nc(CN)cc(C(F)F)c1Cl. The Morgan fingerprint density at radius 1 is 1.64 bits per heavy atom. The molecule has 74 valence electrons. The van der Waals surface area contributed by atoms with Crippen LogP contribution in [0.3, 0.4) is 0 Å². The molecule has 2 N–H and O–H groups in total. The molecule has 0 spiro atoms. The Balaban J connectivity index is 3.36. The first-order valence-corrected chi connectivity index (χ1v) is 4.05. The van der Waals surface area contributed by atoms with Crippen LogP contribution in [0.5, 0.6) is 0 Å². The summed E-state index contributed by atoms with van der Waals surface area (Å²) in [6, 6.07) is 2.74. The van der Waals surface area contributed by atoms with Gasteiger partial charge in [0, 0.05) is 12.1 Å². The van der Waals surface area contributed by atoms with Crippen LogP contribution in [-0.4, -0.2) is 4.98 Å². The molecular weight excluding hydrogens is 212 g/mol. The second-order valence-corrected chi connectivity index (χ2v) is 2.86. The van der Waals surface area contributed by atoms with Gasteiger partial charge in [0.25, 0.3) is 6.43 Å². The van der Waals surface area contributed by atoms with Crippen molar-refractivity contribution in [3.63, 3.8) is 0 Å². The molecule has 1 aromatic rings. The Kier molecular flexibility index (Phi) is 3.33. The van der Waals surface area contributed by atoms with E-state index in [2.05, 4.69) is 4.98 Å². The number of hydrogen-bond donors (Lipinski definition) is 1. The summed E-state index contributed by atoms with van der Waals surface area (Å²) >= 11 is 5.53. The summed E-state index contributed by atoms with van der Waals surface area (Å²) in [7, 11) is 0. The van der Waals surface area contributed by atoms with E-state index < -0.39 is 12.0 Å². The number of hydrogen-bond acceptors (Lipinski definition) is 3. The van der Waals surface area contributed by atoms with Gasteiger partial charge < -0.3 is 5.73 Å². The number of aromatic nitrogens is 1. The van der Waals surface area contributed by atoms with E-state index in [9.17, 15) is 8.78 Å². The van der Waals surface area contributed by atoms with Gasteiger partial charge in [-0.1, -0.05) is 11.6 Å². The highest BCUT2D eigenvalue weighted by molar-refractivity contribution is 6.32. The first kappa shape index (κ1) is 10.8. The highest BCUT2D eigenvalue weighted by Gasteiger charge is 2.17. The normalized spacial score (nSPS) is 10.3. The van der Waals surface area contributed by atoms with Crippen molar-refractivity contribution in [1.82, 2.24) is 4.98 Å². The molecule has 14 heavy (non-hydrogen) atoms. The maximum absolute atomic E-state index is 12.4. The van der Waals surface area contributed by atoms with Crippen molar-refractivity contribution >= 4 is 11.6 Å². The number of nitriles is 1. The lowest BCUT2D eigenvalue weighted by molar-refractivity contribution is 0.151. The smallest absolute Gasteiger partial charge is 0.265 e. The molecule has 1 aromatic heterocycles. The van der Waals surface area contributed by atoms with E-state index in [4.69, 9.17) is 22.6 Å². The van der Waals surface area contributed by atoms with Crippen LogP contribution in [0.25, 0.3) is 0 Å². The maximum Gasteiger partial charge on any atom is 0.265 e. The van der Waals surface area contributed by atoms with E-state index in [1.807, 2.05) is 0 Å². The highest BCUT2D eigenvalue weighted by atomic mass is 35.5. The zero-order chi connectivity index (χ0) is 10.7. The van der Waals surface area contributed by atoms with Gasteiger partial charge in [0.1, 0.15) is 6.07 Å². The molecule has 0 amide bonds. The van der Waals surface area contributed by atoms with Gasteiger partial charge in [0.15, 0.2) is 5.69 Å². The van der Waals surface area contributed by atoms with Crippen molar-refractivity contribution in [3.05, 3.63) is 28.0 Å². The lowest BCUT2D eigenvalue weighted by atomic mass is 10.2. The van der Waals surface area contributed by atoms with Gasteiger partial charge in [-0.2, -0.15) is 5.26 Å². The molecule has 1 heterocycles. The van der Waals surface area contributed by atoms with Crippen molar-refractivity contribution in [1.29, 1.82) is 5.26 Å². The van der Waals surface area contributed by atoms with Crippen LogP contribution >= 0.6 is 11.6 Å². The molecule has 0 atom stereocenters. The molecule has 3 nitrogen and oxygen atoms in total. The zero-order valence-electron chi connectivity index (χ0n) is 6.97. The second-order valence-electron chi connectivity index (χ2n) is 2.48. The Labute approximate surface area is 84.1 Å². The molecule has 0 bridgehead atoms. The van der Waals surface area contributed by atoms with Gasteiger partial charge in [-0.05, 0) is 6.07 Å². The third kappa shape index (κ3) is 1.97. The van der Waals surface area contributed by atoms with Crippen LogP contribution in [0.15, 0.2) is 6.07 Å². The van der Waals surface area contributed by atoms with E-state index in [0.29, 0.717) is 0 Å². The van der Waals surface area contributed by atoms with Crippen LogP contribution in [-0.2, 0) is 6.54 Å². The Morgan fingerprint density at radius 2 is 2.29 bits per heavy atom. The fraction of sp³-hybridized carbons (Fsp3) is 0.250. The van der Waals surface area contributed by atoms with Crippen molar-refractivity contribution in [2.24, 2.45) is 5.73 Å². The quantitative estimate of drug-likeness (QED) is 0.824.